The Kier molecular flexibility index (Phi) is 5.11. The van der Waals surface area contributed by atoms with Crippen LogP contribution in [0.15, 0.2) is 47.4 Å². The molecule has 0 saturated heterocycles. The number of para-hydroxylation sites is 2. The van der Waals surface area contributed by atoms with Crippen molar-refractivity contribution in [2.45, 2.75) is 18.8 Å². The van der Waals surface area contributed by atoms with Crippen LogP contribution in [0.3, 0.4) is 0 Å². The molecule has 1 amide bonds. The van der Waals surface area contributed by atoms with Gasteiger partial charge in [0.15, 0.2) is 17.6 Å². The van der Waals surface area contributed by atoms with Crippen LogP contribution >= 0.6 is 0 Å². The molecule has 0 saturated carbocycles. The second kappa shape index (κ2) is 7.34. The second-order valence-electron chi connectivity index (χ2n) is 6.12. The number of ether oxygens (including phenoxy) is 2. The number of carbonyl (C=O) groups excluding carboxylic acids is 1. The fraction of sp³-hybridized carbons (Fsp3) is 0.333. The van der Waals surface area contributed by atoms with Crippen molar-refractivity contribution < 1.29 is 27.4 Å². The number of carbonyl (C=O) groups is 1. The van der Waals surface area contributed by atoms with E-state index in [1.54, 1.807) is 18.2 Å². The molecule has 27 heavy (non-hydrogen) atoms. The Hall–Kier alpha value is -2.97. The number of benzene rings is 1. The summed E-state index contributed by atoms with van der Waals surface area (Å²) in [6.07, 6.45) is -4.04. The minimum Gasteiger partial charge on any atom is -0.486 e. The summed E-state index contributed by atoms with van der Waals surface area (Å²) in [6.45, 7) is -0.0948. The molecule has 9 heteroatoms. The summed E-state index contributed by atoms with van der Waals surface area (Å²) in [4.78, 5) is 25.6. The average Bonchev–Trinajstić information content (AvgIpc) is 2.62. The monoisotopic (exact) mass is 382 g/mol. The van der Waals surface area contributed by atoms with Crippen LogP contribution in [0.4, 0.5) is 13.2 Å². The fourth-order valence-electron chi connectivity index (χ4n) is 2.70. The van der Waals surface area contributed by atoms with E-state index in [-0.39, 0.29) is 13.2 Å². The molecule has 1 unspecified atom stereocenters. The van der Waals surface area contributed by atoms with E-state index in [0.717, 1.165) is 16.8 Å². The summed E-state index contributed by atoms with van der Waals surface area (Å²) in [5.74, 6) is 0.654. The number of fused-ring (bicyclic) bond motifs is 1. The van der Waals surface area contributed by atoms with Crippen molar-refractivity contribution in [2.75, 3.05) is 20.2 Å². The SMILES string of the molecule is CN(CC1COc2ccccc2O1)C(=O)Cn1cccc(C(F)(F)F)c1=O. The quantitative estimate of drug-likeness (QED) is 0.813. The third kappa shape index (κ3) is 4.24. The van der Waals surface area contributed by atoms with Crippen molar-refractivity contribution in [1.29, 1.82) is 0 Å². The van der Waals surface area contributed by atoms with Crippen LogP contribution in [0.25, 0.3) is 0 Å². The highest BCUT2D eigenvalue weighted by Crippen LogP contribution is 2.31. The number of rotatable bonds is 4. The first-order valence-electron chi connectivity index (χ1n) is 8.15. The molecule has 2 heterocycles. The third-order valence-corrected chi connectivity index (χ3v) is 4.10. The lowest BCUT2D eigenvalue weighted by Gasteiger charge is -2.29. The van der Waals surface area contributed by atoms with Crippen LogP contribution in [0.5, 0.6) is 11.5 Å². The molecule has 2 aromatic rings. The molecule has 0 aliphatic carbocycles. The molecule has 0 fully saturated rings. The van der Waals surface area contributed by atoms with Crippen molar-refractivity contribution in [1.82, 2.24) is 9.47 Å². The first kappa shape index (κ1) is 18.8. The van der Waals surface area contributed by atoms with Gasteiger partial charge in [-0.3, -0.25) is 9.59 Å². The van der Waals surface area contributed by atoms with E-state index >= 15 is 0 Å². The van der Waals surface area contributed by atoms with Crippen LogP contribution in [0.2, 0.25) is 0 Å². The highest BCUT2D eigenvalue weighted by Gasteiger charge is 2.34. The van der Waals surface area contributed by atoms with Crippen molar-refractivity contribution in [3.8, 4) is 11.5 Å². The van der Waals surface area contributed by atoms with E-state index in [9.17, 15) is 22.8 Å². The summed E-state index contributed by atoms with van der Waals surface area (Å²) in [7, 11) is 1.49. The molecule has 1 atom stereocenters. The topological polar surface area (TPSA) is 60.8 Å². The van der Waals surface area contributed by atoms with Gasteiger partial charge in [-0.15, -0.1) is 0 Å². The maximum atomic E-state index is 12.8. The zero-order chi connectivity index (χ0) is 19.6. The maximum absolute atomic E-state index is 12.8. The highest BCUT2D eigenvalue weighted by molar-refractivity contribution is 5.75. The van der Waals surface area contributed by atoms with Gasteiger partial charge in [-0.2, -0.15) is 13.2 Å². The van der Waals surface area contributed by atoms with Gasteiger partial charge >= 0.3 is 6.18 Å². The van der Waals surface area contributed by atoms with Gasteiger partial charge in [0.1, 0.15) is 18.7 Å². The number of pyridine rings is 1. The van der Waals surface area contributed by atoms with Gasteiger partial charge in [0.2, 0.25) is 5.91 Å². The number of halogens is 3. The van der Waals surface area contributed by atoms with Crippen LogP contribution in [0.1, 0.15) is 5.56 Å². The van der Waals surface area contributed by atoms with E-state index in [1.807, 2.05) is 6.07 Å². The Morgan fingerprint density at radius 3 is 2.63 bits per heavy atom. The molecule has 1 aliphatic rings. The molecular weight excluding hydrogens is 365 g/mol. The van der Waals surface area contributed by atoms with Gasteiger partial charge in [-0.05, 0) is 24.3 Å². The predicted molar refractivity (Wildman–Crippen MR) is 89.7 cm³/mol. The normalized spacial score (nSPS) is 16.1. The van der Waals surface area contributed by atoms with E-state index in [4.69, 9.17) is 9.47 Å². The molecular formula is C18H17F3N2O4. The summed E-state index contributed by atoms with van der Waals surface area (Å²) in [5, 5.41) is 0. The summed E-state index contributed by atoms with van der Waals surface area (Å²) >= 11 is 0. The van der Waals surface area contributed by atoms with Crippen LogP contribution in [0, 0.1) is 0 Å². The zero-order valence-corrected chi connectivity index (χ0v) is 14.4. The van der Waals surface area contributed by atoms with Gasteiger partial charge < -0.3 is 18.9 Å². The number of amides is 1. The smallest absolute Gasteiger partial charge is 0.421 e. The maximum Gasteiger partial charge on any atom is 0.421 e. The van der Waals surface area contributed by atoms with Crippen LogP contribution in [-0.4, -0.2) is 41.7 Å². The summed E-state index contributed by atoms with van der Waals surface area (Å²) < 4.78 is 50.5. The number of hydrogen-bond donors (Lipinski definition) is 0. The number of likely N-dealkylation sites (N-methyl/N-ethyl adjacent to an activating group) is 1. The number of hydrogen-bond acceptors (Lipinski definition) is 4. The molecule has 0 spiro atoms. The van der Waals surface area contributed by atoms with Gasteiger partial charge in [0.25, 0.3) is 5.56 Å². The molecule has 6 nitrogen and oxygen atoms in total. The van der Waals surface area contributed by atoms with Crippen molar-refractivity contribution in [3.05, 3.63) is 58.5 Å². The second-order valence-corrected chi connectivity index (χ2v) is 6.12. The Labute approximate surface area is 152 Å². The Morgan fingerprint density at radius 1 is 1.22 bits per heavy atom. The lowest BCUT2D eigenvalue weighted by Crippen LogP contribution is -2.43. The van der Waals surface area contributed by atoms with E-state index in [0.29, 0.717) is 17.6 Å². The van der Waals surface area contributed by atoms with Crippen molar-refractivity contribution in [2.24, 2.45) is 0 Å². The van der Waals surface area contributed by atoms with E-state index in [1.165, 1.54) is 11.9 Å². The molecule has 1 aromatic heterocycles. The molecule has 0 radical (unpaired) electrons. The number of nitrogens with zero attached hydrogens (tertiary/aromatic N) is 2. The van der Waals surface area contributed by atoms with Crippen molar-refractivity contribution >= 4 is 5.91 Å². The number of aromatic nitrogens is 1. The third-order valence-electron chi connectivity index (χ3n) is 4.10. The molecule has 0 bridgehead atoms. The Morgan fingerprint density at radius 2 is 1.93 bits per heavy atom. The minimum atomic E-state index is -4.77. The van der Waals surface area contributed by atoms with Gasteiger partial charge in [0, 0.05) is 13.2 Å². The van der Waals surface area contributed by atoms with E-state index in [2.05, 4.69) is 0 Å². The fourth-order valence-corrected chi connectivity index (χ4v) is 2.70. The van der Waals surface area contributed by atoms with Crippen LogP contribution in [-0.2, 0) is 17.5 Å². The number of alkyl halides is 3. The Bertz CT molecular complexity index is 895. The summed E-state index contributed by atoms with van der Waals surface area (Å²) in [6, 6.07) is 8.89. The highest BCUT2D eigenvalue weighted by atomic mass is 19.4. The first-order valence-corrected chi connectivity index (χ1v) is 8.15. The summed E-state index contributed by atoms with van der Waals surface area (Å²) in [5.41, 5.74) is -2.56. The van der Waals surface area contributed by atoms with Gasteiger partial charge in [0.05, 0.1) is 6.54 Å². The minimum absolute atomic E-state index is 0.168. The van der Waals surface area contributed by atoms with Gasteiger partial charge in [-0.1, -0.05) is 12.1 Å². The zero-order valence-electron chi connectivity index (χ0n) is 14.4. The molecule has 1 aromatic carbocycles. The molecule has 0 N–H and O–H groups in total. The van der Waals surface area contributed by atoms with Crippen molar-refractivity contribution in [3.63, 3.8) is 0 Å². The standard InChI is InChI=1S/C18H17F3N2O4/c1-22(9-12-11-26-14-6-2-3-7-15(14)27-12)16(24)10-23-8-4-5-13(17(23)25)18(19,20)21/h2-8,12H,9-11H2,1H3. The molecule has 3 rings (SSSR count). The predicted octanol–water partition coefficient (Wildman–Crippen LogP) is 2.17. The largest absolute Gasteiger partial charge is 0.486 e. The average molecular weight is 382 g/mol. The van der Waals surface area contributed by atoms with Gasteiger partial charge in [-0.25, -0.2) is 0 Å². The van der Waals surface area contributed by atoms with Crippen LogP contribution < -0.4 is 15.0 Å². The lowest BCUT2D eigenvalue weighted by molar-refractivity contribution is -0.139. The molecule has 144 valence electrons. The lowest BCUT2D eigenvalue weighted by atomic mass is 10.2. The molecule has 1 aliphatic heterocycles. The Balaban J connectivity index is 1.65. The first-order chi connectivity index (χ1) is 12.8. The van der Waals surface area contributed by atoms with E-state index < -0.39 is 35.9 Å².